The van der Waals surface area contributed by atoms with Gasteiger partial charge in [-0.25, -0.2) is 9.97 Å². The minimum Gasteiger partial charge on any atom is -0.480 e. The van der Waals surface area contributed by atoms with Crippen molar-refractivity contribution in [3.8, 4) is 5.75 Å². The van der Waals surface area contributed by atoms with E-state index in [1.807, 2.05) is 29.6 Å². The van der Waals surface area contributed by atoms with E-state index in [9.17, 15) is 0 Å². The largest absolute Gasteiger partial charge is 0.480 e. The molecule has 20 heavy (non-hydrogen) atoms. The summed E-state index contributed by atoms with van der Waals surface area (Å²) in [7, 11) is 0. The van der Waals surface area contributed by atoms with Gasteiger partial charge in [-0.1, -0.05) is 12.1 Å². The highest BCUT2D eigenvalue weighted by Gasteiger charge is 2.24. The Morgan fingerprint density at radius 1 is 1.20 bits per heavy atom. The molecule has 4 nitrogen and oxygen atoms in total. The van der Waals surface area contributed by atoms with Crippen molar-refractivity contribution in [3.05, 3.63) is 41.5 Å². The number of aromatic nitrogens is 2. The summed E-state index contributed by atoms with van der Waals surface area (Å²) in [5, 5.41) is 2.90. The van der Waals surface area contributed by atoms with E-state index < -0.39 is 0 Å². The number of hydrogen-bond donors (Lipinski definition) is 1. The number of rotatable bonds is 1. The van der Waals surface area contributed by atoms with Crippen LogP contribution in [0.25, 0.3) is 10.2 Å². The molecule has 2 N–H and O–H groups in total. The molecule has 1 aromatic carbocycles. The Labute approximate surface area is 124 Å². The molecule has 1 unspecified atom stereocenters. The Kier molecular flexibility index (Phi) is 2.78. The monoisotopic (exact) mass is 301 g/mol. The molecule has 6 heteroatoms. The topological polar surface area (TPSA) is 61.0 Å². The maximum Gasteiger partial charge on any atom is 0.173 e. The fourth-order valence-corrected chi connectivity index (χ4v) is 3.95. The van der Waals surface area contributed by atoms with Crippen LogP contribution in [-0.4, -0.2) is 15.7 Å². The number of nitrogens with two attached hydrogens (primary N) is 1. The highest BCUT2D eigenvalue weighted by atomic mass is 32.2. The number of para-hydroxylation sites is 1. The summed E-state index contributed by atoms with van der Waals surface area (Å²) >= 11 is 3.33. The van der Waals surface area contributed by atoms with Crippen LogP contribution in [0, 0.1) is 0 Å². The lowest BCUT2D eigenvalue weighted by molar-refractivity contribution is 0.211. The van der Waals surface area contributed by atoms with Gasteiger partial charge in [0.2, 0.25) is 0 Å². The van der Waals surface area contributed by atoms with E-state index in [0.717, 1.165) is 26.6 Å². The third kappa shape index (κ3) is 1.92. The van der Waals surface area contributed by atoms with Gasteiger partial charge < -0.3 is 10.5 Å². The van der Waals surface area contributed by atoms with E-state index in [1.165, 1.54) is 0 Å². The lowest BCUT2D eigenvalue weighted by Crippen LogP contribution is -2.18. The lowest BCUT2D eigenvalue weighted by atomic mass is 10.3. The fourth-order valence-electron chi connectivity index (χ4n) is 2.19. The molecule has 1 aliphatic rings. The highest BCUT2D eigenvalue weighted by Crippen LogP contribution is 2.40. The average molecular weight is 301 g/mol. The molecule has 0 bridgehead atoms. The van der Waals surface area contributed by atoms with Crippen molar-refractivity contribution in [2.45, 2.75) is 11.0 Å². The normalized spacial score (nSPS) is 17.7. The molecule has 0 saturated carbocycles. The molecule has 0 saturated heterocycles. The maximum atomic E-state index is 6.00. The van der Waals surface area contributed by atoms with Crippen molar-refractivity contribution in [1.82, 2.24) is 9.97 Å². The molecule has 4 rings (SSSR count). The maximum absolute atomic E-state index is 6.00. The number of ether oxygens (including phenoxy) is 1. The van der Waals surface area contributed by atoms with Gasteiger partial charge in [0.1, 0.15) is 16.4 Å². The minimum atomic E-state index is -0.149. The van der Waals surface area contributed by atoms with Gasteiger partial charge in [0, 0.05) is 10.6 Å². The Morgan fingerprint density at radius 2 is 2.10 bits per heavy atom. The van der Waals surface area contributed by atoms with Crippen molar-refractivity contribution in [1.29, 1.82) is 0 Å². The zero-order valence-corrected chi connectivity index (χ0v) is 12.1. The third-order valence-electron chi connectivity index (χ3n) is 3.17. The van der Waals surface area contributed by atoms with E-state index in [0.29, 0.717) is 11.6 Å². The number of nitrogens with zero attached hydrogens (tertiary/aromatic N) is 2. The second-order valence-electron chi connectivity index (χ2n) is 4.47. The van der Waals surface area contributed by atoms with E-state index in [4.69, 9.17) is 10.5 Å². The number of hydrogen-bond acceptors (Lipinski definition) is 6. The number of anilines is 1. The van der Waals surface area contributed by atoms with Gasteiger partial charge in [-0.3, -0.25) is 0 Å². The molecule has 0 spiro atoms. The zero-order chi connectivity index (χ0) is 13.5. The number of benzene rings is 1. The third-order valence-corrected chi connectivity index (χ3v) is 5.09. The molecule has 1 atom stereocenters. The van der Waals surface area contributed by atoms with Crippen LogP contribution in [-0.2, 0) is 0 Å². The van der Waals surface area contributed by atoms with Gasteiger partial charge in [-0.15, -0.1) is 23.1 Å². The molecule has 100 valence electrons. The van der Waals surface area contributed by atoms with Gasteiger partial charge in [-0.2, -0.15) is 0 Å². The van der Waals surface area contributed by atoms with Crippen LogP contribution in [0.3, 0.4) is 0 Å². The first kappa shape index (κ1) is 12.0. The summed E-state index contributed by atoms with van der Waals surface area (Å²) in [6.45, 7) is 0. The first-order valence-corrected chi connectivity index (χ1v) is 8.07. The van der Waals surface area contributed by atoms with Crippen LogP contribution < -0.4 is 10.5 Å². The quantitative estimate of drug-likeness (QED) is 0.745. The van der Waals surface area contributed by atoms with Crippen molar-refractivity contribution in [3.63, 3.8) is 0 Å². The van der Waals surface area contributed by atoms with Crippen molar-refractivity contribution < 1.29 is 4.74 Å². The standard InChI is InChI=1S/C14H11N3OS2/c15-12-8-5-6-19-14(8)17-13(16-12)10-7-20-11-4-2-1-3-9(11)18-10/h1-6,10H,7H2,(H2,15,16,17). The van der Waals surface area contributed by atoms with Crippen LogP contribution in [0.5, 0.6) is 5.75 Å². The second kappa shape index (κ2) is 4.64. The minimum absolute atomic E-state index is 0.149. The predicted molar refractivity (Wildman–Crippen MR) is 82.4 cm³/mol. The molecule has 0 aliphatic carbocycles. The second-order valence-corrected chi connectivity index (χ2v) is 6.43. The van der Waals surface area contributed by atoms with Gasteiger partial charge in [0.15, 0.2) is 11.9 Å². The number of thiophene rings is 1. The number of thioether (sulfide) groups is 1. The Balaban J connectivity index is 1.74. The molecule has 1 aliphatic heterocycles. The van der Waals surface area contributed by atoms with E-state index in [-0.39, 0.29) is 6.10 Å². The first-order chi connectivity index (χ1) is 9.81. The van der Waals surface area contributed by atoms with Crippen LogP contribution in [0.15, 0.2) is 40.6 Å². The summed E-state index contributed by atoms with van der Waals surface area (Å²) in [4.78, 5) is 11.1. The lowest BCUT2D eigenvalue weighted by Gasteiger charge is -2.24. The van der Waals surface area contributed by atoms with Crippen LogP contribution in [0.1, 0.15) is 11.9 Å². The van der Waals surface area contributed by atoms with Gasteiger partial charge in [0.05, 0.1) is 5.39 Å². The summed E-state index contributed by atoms with van der Waals surface area (Å²) < 4.78 is 6.00. The van der Waals surface area contributed by atoms with Gasteiger partial charge in [-0.05, 0) is 23.6 Å². The van der Waals surface area contributed by atoms with Crippen LogP contribution in [0.2, 0.25) is 0 Å². The first-order valence-electron chi connectivity index (χ1n) is 6.20. The Hall–Kier alpha value is -1.79. The molecular weight excluding hydrogens is 290 g/mol. The Morgan fingerprint density at radius 3 is 3.05 bits per heavy atom. The predicted octanol–water partition coefficient (Wildman–Crippen LogP) is 3.50. The molecule has 0 amide bonds. The van der Waals surface area contributed by atoms with Gasteiger partial charge in [0.25, 0.3) is 0 Å². The van der Waals surface area contributed by atoms with Crippen molar-refractivity contribution in [2.24, 2.45) is 0 Å². The van der Waals surface area contributed by atoms with E-state index >= 15 is 0 Å². The summed E-state index contributed by atoms with van der Waals surface area (Å²) in [6, 6.07) is 9.97. The zero-order valence-electron chi connectivity index (χ0n) is 10.4. The van der Waals surface area contributed by atoms with Crippen molar-refractivity contribution >= 4 is 39.1 Å². The summed E-state index contributed by atoms with van der Waals surface area (Å²) in [6.07, 6.45) is -0.149. The smallest absolute Gasteiger partial charge is 0.173 e. The molecule has 3 aromatic rings. The average Bonchev–Trinajstić information content (AvgIpc) is 2.96. The summed E-state index contributed by atoms with van der Waals surface area (Å²) in [5.74, 6) is 2.88. The molecule has 2 aromatic heterocycles. The Bertz CT molecular complexity index is 787. The SMILES string of the molecule is Nc1nc(C2CSc3ccccc3O2)nc2sccc12. The van der Waals surface area contributed by atoms with Crippen molar-refractivity contribution in [2.75, 3.05) is 11.5 Å². The molecular formula is C14H11N3OS2. The highest BCUT2D eigenvalue weighted by molar-refractivity contribution is 7.99. The fraction of sp³-hybridized carbons (Fsp3) is 0.143. The van der Waals surface area contributed by atoms with E-state index in [2.05, 4.69) is 16.0 Å². The molecule has 0 radical (unpaired) electrons. The van der Waals surface area contributed by atoms with E-state index in [1.54, 1.807) is 23.1 Å². The van der Waals surface area contributed by atoms with Crippen LogP contribution >= 0.6 is 23.1 Å². The summed E-state index contributed by atoms with van der Waals surface area (Å²) in [5.41, 5.74) is 6.00. The van der Waals surface area contributed by atoms with Gasteiger partial charge >= 0.3 is 0 Å². The molecule has 3 heterocycles. The molecule has 0 fully saturated rings. The van der Waals surface area contributed by atoms with Crippen LogP contribution in [0.4, 0.5) is 5.82 Å². The number of nitrogen functional groups attached to an aromatic ring is 1. The number of fused-ring (bicyclic) bond motifs is 2.